The zero-order chi connectivity index (χ0) is 33.4. The summed E-state index contributed by atoms with van der Waals surface area (Å²) in [6, 6.07) is 25.9. The fourth-order valence-corrected chi connectivity index (χ4v) is 7.73. The Morgan fingerprint density at radius 1 is 0.851 bits per heavy atom. The van der Waals surface area contributed by atoms with E-state index in [1.165, 1.54) is 35.2 Å². The number of para-hydroxylation sites is 1. The number of sulfonamides is 1. The molecule has 4 aromatic rings. The average Bonchev–Trinajstić information content (AvgIpc) is 3.07. The van der Waals surface area contributed by atoms with E-state index in [-0.39, 0.29) is 40.5 Å². The second-order valence-corrected chi connectivity index (χ2v) is 14.3. The molecule has 0 heterocycles. The average molecular weight is 697 g/mol. The van der Waals surface area contributed by atoms with Crippen LogP contribution >= 0.6 is 23.2 Å². The van der Waals surface area contributed by atoms with Gasteiger partial charge in [-0.3, -0.25) is 13.9 Å². The molecule has 1 saturated carbocycles. The summed E-state index contributed by atoms with van der Waals surface area (Å²) in [5.74, 6) is -1.89. The molecule has 5 rings (SSSR count). The van der Waals surface area contributed by atoms with Gasteiger partial charge in [-0.05, 0) is 60.4 Å². The third kappa shape index (κ3) is 8.71. The summed E-state index contributed by atoms with van der Waals surface area (Å²) in [6.45, 7) is -0.897. The molecular weight excluding hydrogens is 660 g/mol. The molecular formula is C36H36Cl2FN3O4S. The van der Waals surface area contributed by atoms with Crippen LogP contribution in [0.15, 0.2) is 108 Å². The lowest BCUT2D eigenvalue weighted by molar-refractivity contribution is -0.140. The van der Waals surface area contributed by atoms with Gasteiger partial charge in [-0.25, -0.2) is 12.8 Å². The summed E-state index contributed by atoms with van der Waals surface area (Å²) < 4.78 is 44.1. The van der Waals surface area contributed by atoms with Crippen molar-refractivity contribution in [1.82, 2.24) is 10.2 Å². The van der Waals surface area contributed by atoms with Gasteiger partial charge < -0.3 is 10.2 Å². The van der Waals surface area contributed by atoms with E-state index in [9.17, 15) is 18.0 Å². The van der Waals surface area contributed by atoms with Crippen LogP contribution in [-0.2, 0) is 32.6 Å². The van der Waals surface area contributed by atoms with Crippen molar-refractivity contribution < 1.29 is 22.4 Å². The van der Waals surface area contributed by atoms with E-state index in [2.05, 4.69) is 5.32 Å². The van der Waals surface area contributed by atoms with Crippen LogP contribution in [-0.4, -0.2) is 43.8 Å². The Morgan fingerprint density at radius 3 is 2.15 bits per heavy atom. The minimum absolute atomic E-state index is 0.0426. The number of rotatable bonds is 12. The van der Waals surface area contributed by atoms with E-state index < -0.39 is 34.3 Å². The molecule has 246 valence electrons. The van der Waals surface area contributed by atoms with Crippen LogP contribution in [0.1, 0.15) is 43.2 Å². The van der Waals surface area contributed by atoms with Crippen molar-refractivity contribution in [3.8, 4) is 0 Å². The van der Waals surface area contributed by atoms with Gasteiger partial charge in [0.15, 0.2) is 0 Å². The summed E-state index contributed by atoms with van der Waals surface area (Å²) >= 11 is 12.7. The van der Waals surface area contributed by atoms with Crippen molar-refractivity contribution in [1.29, 1.82) is 0 Å². The Bertz CT molecular complexity index is 1790. The molecule has 47 heavy (non-hydrogen) atoms. The fraction of sp³-hybridized carbons (Fsp3) is 0.278. The molecule has 1 atom stereocenters. The third-order valence-corrected chi connectivity index (χ3v) is 10.7. The van der Waals surface area contributed by atoms with Crippen molar-refractivity contribution in [2.75, 3.05) is 10.8 Å². The van der Waals surface area contributed by atoms with Crippen molar-refractivity contribution in [3.05, 3.63) is 130 Å². The van der Waals surface area contributed by atoms with Crippen molar-refractivity contribution >= 4 is 50.7 Å². The second kappa shape index (κ2) is 15.8. The molecule has 0 aromatic heterocycles. The predicted molar refractivity (Wildman–Crippen MR) is 183 cm³/mol. The van der Waals surface area contributed by atoms with Crippen LogP contribution in [0.25, 0.3) is 0 Å². The Morgan fingerprint density at radius 2 is 1.49 bits per heavy atom. The van der Waals surface area contributed by atoms with Gasteiger partial charge in [0, 0.05) is 29.1 Å². The molecule has 1 N–H and O–H groups in total. The third-order valence-electron chi connectivity index (χ3n) is 8.31. The standard InChI is InChI=1S/C36H36Cl2FN3O4S/c37-28-21-20-27(31(38)23-28)24-41(34(22-26-12-4-1-5-13-26)36(44)40-29-14-6-2-7-15-29)35(43)25-42(33-19-11-10-18-32(33)39)47(45,46)30-16-8-3-9-17-30/h1,3-5,8-13,16-21,23,29,34H,2,6-7,14-15,22,24-25H2,(H,40,44)/t34-/m1/s1. The highest BCUT2D eigenvalue weighted by Crippen LogP contribution is 2.29. The molecule has 1 aliphatic carbocycles. The maximum atomic E-state index is 15.3. The molecule has 4 aromatic carbocycles. The summed E-state index contributed by atoms with van der Waals surface area (Å²) in [7, 11) is -4.42. The number of halogens is 3. The lowest BCUT2D eigenvalue weighted by atomic mass is 9.94. The summed E-state index contributed by atoms with van der Waals surface area (Å²) in [5, 5.41) is 3.83. The molecule has 0 bridgehead atoms. The van der Waals surface area contributed by atoms with Gasteiger partial charge in [0.2, 0.25) is 11.8 Å². The first-order valence-electron chi connectivity index (χ1n) is 15.5. The van der Waals surface area contributed by atoms with E-state index >= 15 is 4.39 Å². The van der Waals surface area contributed by atoms with Gasteiger partial charge >= 0.3 is 0 Å². The first kappa shape index (κ1) is 34.4. The molecule has 11 heteroatoms. The number of nitrogens with zero attached hydrogens (tertiary/aromatic N) is 2. The van der Waals surface area contributed by atoms with Crippen LogP contribution in [0, 0.1) is 5.82 Å². The zero-order valence-corrected chi connectivity index (χ0v) is 28.0. The van der Waals surface area contributed by atoms with Gasteiger partial charge in [0.05, 0.1) is 10.6 Å². The number of carbonyl (C=O) groups excluding carboxylic acids is 2. The normalized spacial score (nSPS) is 14.3. The molecule has 7 nitrogen and oxygen atoms in total. The van der Waals surface area contributed by atoms with E-state index in [1.54, 1.807) is 36.4 Å². The number of amides is 2. The molecule has 1 fully saturated rings. The largest absolute Gasteiger partial charge is 0.352 e. The van der Waals surface area contributed by atoms with Gasteiger partial charge in [0.25, 0.3) is 10.0 Å². The number of benzene rings is 4. The molecule has 0 spiro atoms. The second-order valence-electron chi connectivity index (χ2n) is 11.6. The molecule has 1 aliphatic rings. The minimum Gasteiger partial charge on any atom is -0.352 e. The molecule has 0 aliphatic heterocycles. The summed E-state index contributed by atoms with van der Waals surface area (Å²) in [4.78, 5) is 30.0. The minimum atomic E-state index is -4.42. The van der Waals surface area contributed by atoms with Gasteiger partial charge in [-0.1, -0.05) is 109 Å². The Balaban J connectivity index is 1.58. The quantitative estimate of drug-likeness (QED) is 0.167. The van der Waals surface area contributed by atoms with Crippen LogP contribution in [0.3, 0.4) is 0 Å². The number of hydrogen-bond acceptors (Lipinski definition) is 4. The summed E-state index contributed by atoms with van der Waals surface area (Å²) in [5.41, 5.74) is 1.02. The highest BCUT2D eigenvalue weighted by molar-refractivity contribution is 7.92. The van der Waals surface area contributed by atoms with Crippen LogP contribution in [0.4, 0.5) is 10.1 Å². The van der Waals surface area contributed by atoms with E-state index in [1.807, 2.05) is 30.3 Å². The monoisotopic (exact) mass is 695 g/mol. The number of nitrogens with one attached hydrogen (secondary N) is 1. The van der Waals surface area contributed by atoms with Gasteiger partial charge in [-0.15, -0.1) is 0 Å². The number of carbonyl (C=O) groups is 2. The van der Waals surface area contributed by atoms with Crippen molar-refractivity contribution in [3.63, 3.8) is 0 Å². The molecule has 2 amide bonds. The Hall–Kier alpha value is -3.92. The van der Waals surface area contributed by atoms with E-state index in [0.29, 0.717) is 10.6 Å². The van der Waals surface area contributed by atoms with Crippen molar-refractivity contribution in [2.24, 2.45) is 0 Å². The Kier molecular flexibility index (Phi) is 11.6. The van der Waals surface area contributed by atoms with Crippen LogP contribution < -0.4 is 9.62 Å². The summed E-state index contributed by atoms with van der Waals surface area (Å²) in [6.07, 6.45) is 4.90. The lowest BCUT2D eigenvalue weighted by Gasteiger charge is -2.35. The highest BCUT2D eigenvalue weighted by atomic mass is 35.5. The molecule has 0 saturated heterocycles. The SMILES string of the molecule is O=C(NC1CCCCC1)[C@@H](Cc1ccccc1)N(Cc1ccc(Cl)cc1Cl)C(=O)CN(c1ccccc1F)S(=O)(=O)c1ccccc1. The van der Waals surface area contributed by atoms with Crippen molar-refractivity contribution in [2.45, 2.75) is 62.0 Å². The highest BCUT2D eigenvalue weighted by Gasteiger charge is 2.36. The first-order chi connectivity index (χ1) is 22.6. The zero-order valence-electron chi connectivity index (χ0n) is 25.7. The smallest absolute Gasteiger partial charge is 0.264 e. The first-order valence-corrected chi connectivity index (χ1v) is 17.7. The van der Waals surface area contributed by atoms with E-state index in [4.69, 9.17) is 23.2 Å². The van der Waals surface area contributed by atoms with Gasteiger partial charge in [0.1, 0.15) is 18.4 Å². The fourth-order valence-electron chi connectivity index (χ4n) is 5.82. The maximum absolute atomic E-state index is 15.3. The predicted octanol–water partition coefficient (Wildman–Crippen LogP) is 7.42. The lowest BCUT2D eigenvalue weighted by Crippen LogP contribution is -2.55. The molecule has 0 radical (unpaired) electrons. The van der Waals surface area contributed by atoms with Crippen LogP contribution in [0.2, 0.25) is 10.0 Å². The van der Waals surface area contributed by atoms with E-state index in [0.717, 1.165) is 48.0 Å². The van der Waals surface area contributed by atoms with Crippen LogP contribution in [0.5, 0.6) is 0 Å². The van der Waals surface area contributed by atoms with Gasteiger partial charge in [-0.2, -0.15) is 0 Å². The maximum Gasteiger partial charge on any atom is 0.264 e. The number of anilines is 1. The number of hydrogen-bond donors (Lipinski definition) is 1. The Labute approximate surface area is 285 Å². The molecule has 0 unspecified atom stereocenters. The topological polar surface area (TPSA) is 86.8 Å².